The minimum Gasteiger partial charge on any atom is -0.271 e. The van der Waals surface area contributed by atoms with E-state index >= 15 is 0 Å². The summed E-state index contributed by atoms with van der Waals surface area (Å²) >= 11 is 0. The van der Waals surface area contributed by atoms with E-state index in [1.165, 1.54) is 24.3 Å². The van der Waals surface area contributed by atoms with Gasteiger partial charge in [-0.05, 0) is 48.2 Å². The smallest absolute Gasteiger partial charge is 0.129 e. The topological polar surface area (TPSA) is 38.0 Å². The third-order valence-electron chi connectivity index (χ3n) is 3.11. The monoisotopic (exact) mass is 280 g/mol. The summed E-state index contributed by atoms with van der Waals surface area (Å²) in [6, 6.07) is 7.43. The Labute approximate surface area is 115 Å². The lowest BCUT2D eigenvalue weighted by Crippen LogP contribution is -2.30. The Bertz CT molecular complexity index is 594. The molecule has 0 amide bonds. The van der Waals surface area contributed by atoms with Crippen molar-refractivity contribution < 1.29 is 13.2 Å². The lowest BCUT2D eigenvalue weighted by molar-refractivity contribution is 0.518. The van der Waals surface area contributed by atoms with E-state index in [0.29, 0.717) is 11.1 Å². The van der Waals surface area contributed by atoms with E-state index in [4.69, 9.17) is 5.84 Å². The molecule has 106 valence electrons. The van der Waals surface area contributed by atoms with Crippen LogP contribution in [0.25, 0.3) is 0 Å². The number of benzene rings is 2. The standard InChI is InChI=1S/C15H15F3N2/c1-9-4-11(6-13(17)5-9)15(20-19)7-10-2-3-12(16)8-14(10)18/h2-6,8,15,20H,7,19H2,1H3. The number of rotatable bonds is 4. The van der Waals surface area contributed by atoms with Crippen LogP contribution in [0.3, 0.4) is 0 Å². The van der Waals surface area contributed by atoms with Crippen LogP contribution < -0.4 is 11.3 Å². The Morgan fingerprint density at radius 1 is 1.05 bits per heavy atom. The minimum atomic E-state index is -0.640. The Hall–Kier alpha value is -1.85. The van der Waals surface area contributed by atoms with Gasteiger partial charge >= 0.3 is 0 Å². The first-order chi connectivity index (χ1) is 9.49. The summed E-state index contributed by atoms with van der Waals surface area (Å²) in [5, 5.41) is 0. The largest absolute Gasteiger partial charge is 0.271 e. The summed E-state index contributed by atoms with van der Waals surface area (Å²) in [6.45, 7) is 1.76. The second-order valence-corrected chi connectivity index (χ2v) is 4.72. The van der Waals surface area contributed by atoms with Crippen molar-refractivity contribution in [1.29, 1.82) is 0 Å². The lowest BCUT2D eigenvalue weighted by atomic mass is 9.97. The van der Waals surface area contributed by atoms with Crippen LogP contribution in [0.4, 0.5) is 13.2 Å². The molecule has 0 aromatic heterocycles. The van der Waals surface area contributed by atoms with E-state index in [-0.39, 0.29) is 12.2 Å². The van der Waals surface area contributed by atoms with Crippen LogP contribution in [0.5, 0.6) is 0 Å². The number of hydrogen-bond acceptors (Lipinski definition) is 2. The van der Waals surface area contributed by atoms with Crippen molar-refractivity contribution in [2.24, 2.45) is 5.84 Å². The van der Waals surface area contributed by atoms with Gasteiger partial charge < -0.3 is 0 Å². The maximum atomic E-state index is 13.6. The molecule has 1 atom stereocenters. The van der Waals surface area contributed by atoms with E-state index in [2.05, 4.69) is 5.43 Å². The zero-order chi connectivity index (χ0) is 14.7. The fourth-order valence-corrected chi connectivity index (χ4v) is 2.15. The molecule has 5 heteroatoms. The first-order valence-electron chi connectivity index (χ1n) is 6.16. The van der Waals surface area contributed by atoms with Crippen LogP contribution in [-0.2, 0) is 6.42 Å². The van der Waals surface area contributed by atoms with Gasteiger partial charge in [-0.2, -0.15) is 0 Å². The van der Waals surface area contributed by atoms with E-state index < -0.39 is 17.7 Å². The van der Waals surface area contributed by atoms with E-state index in [1.54, 1.807) is 13.0 Å². The van der Waals surface area contributed by atoms with Gasteiger partial charge in [0.2, 0.25) is 0 Å². The van der Waals surface area contributed by atoms with Crippen molar-refractivity contribution >= 4 is 0 Å². The van der Waals surface area contributed by atoms with Crippen LogP contribution in [0.1, 0.15) is 22.7 Å². The molecule has 1 unspecified atom stereocenters. The molecule has 0 fully saturated rings. The highest BCUT2D eigenvalue weighted by Crippen LogP contribution is 2.22. The number of hydrogen-bond donors (Lipinski definition) is 2. The van der Waals surface area contributed by atoms with Gasteiger partial charge in [0.05, 0.1) is 6.04 Å². The van der Waals surface area contributed by atoms with Gasteiger partial charge in [-0.3, -0.25) is 11.3 Å². The van der Waals surface area contributed by atoms with Crippen molar-refractivity contribution in [3.05, 3.63) is 70.5 Å². The van der Waals surface area contributed by atoms with Crippen LogP contribution >= 0.6 is 0 Å². The Kier molecular flexibility index (Phi) is 4.42. The summed E-state index contributed by atoms with van der Waals surface area (Å²) < 4.78 is 39.9. The molecule has 0 spiro atoms. The summed E-state index contributed by atoms with van der Waals surface area (Å²) in [5.74, 6) is 3.81. The van der Waals surface area contributed by atoms with Crippen molar-refractivity contribution in [2.75, 3.05) is 0 Å². The predicted octanol–water partition coefficient (Wildman–Crippen LogP) is 3.16. The molecule has 20 heavy (non-hydrogen) atoms. The molecular weight excluding hydrogens is 265 g/mol. The Morgan fingerprint density at radius 2 is 1.80 bits per heavy atom. The van der Waals surface area contributed by atoms with Crippen molar-refractivity contribution in [3.8, 4) is 0 Å². The first-order valence-corrected chi connectivity index (χ1v) is 6.16. The van der Waals surface area contributed by atoms with Gasteiger partial charge in [0, 0.05) is 6.07 Å². The van der Waals surface area contributed by atoms with Crippen LogP contribution in [-0.4, -0.2) is 0 Å². The quantitative estimate of drug-likeness (QED) is 0.667. The normalized spacial score (nSPS) is 12.4. The van der Waals surface area contributed by atoms with Gasteiger partial charge in [0.25, 0.3) is 0 Å². The van der Waals surface area contributed by atoms with Gasteiger partial charge in [-0.1, -0.05) is 12.1 Å². The summed E-state index contributed by atoms with van der Waals surface area (Å²) in [6.07, 6.45) is 0.200. The summed E-state index contributed by atoms with van der Waals surface area (Å²) in [4.78, 5) is 0. The SMILES string of the molecule is Cc1cc(F)cc(C(Cc2ccc(F)cc2F)NN)c1. The molecule has 0 heterocycles. The van der Waals surface area contributed by atoms with Crippen LogP contribution in [0.2, 0.25) is 0 Å². The van der Waals surface area contributed by atoms with E-state index in [9.17, 15) is 13.2 Å². The number of nitrogens with two attached hydrogens (primary N) is 1. The van der Waals surface area contributed by atoms with Crippen LogP contribution in [0, 0.1) is 24.4 Å². The lowest BCUT2D eigenvalue weighted by Gasteiger charge is -2.17. The van der Waals surface area contributed by atoms with Gasteiger partial charge in [-0.25, -0.2) is 13.2 Å². The first kappa shape index (κ1) is 14.6. The van der Waals surface area contributed by atoms with Crippen LogP contribution in [0.15, 0.2) is 36.4 Å². The maximum absolute atomic E-state index is 13.6. The molecule has 0 aliphatic heterocycles. The molecule has 2 rings (SSSR count). The molecule has 0 bridgehead atoms. The molecule has 0 saturated heterocycles. The fourth-order valence-electron chi connectivity index (χ4n) is 2.15. The van der Waals surface area contributed by atoms with Gasteiger partial charge in [0.1, 0.15) is 17.5 Å². The molecular formula is C15H15F3N2. The number of hydrazine groups is 1. The number of aryl methyl sites for hydroxylation is 1. The molecule has 2 aromatic carbocycles. The second-order valence-electron chi connectivity index (χ2n) is 4.72. The van der Waals surface area contributed by atoms with Gasteiger partial charge in [-0.15, -0.1) is 0 Å². The molecule has 2 aromatic rings. The zero-order valence-corrected chi connectivity index (χ0v) is 11.0. The molecule has 0 aliphatic carbocycles. The Balaban J connectivity index is 2.28. The van der Waals surface area contributed by atoms with Crippen molar-refractivity contribution in [1.82, 2.24) is 5.43 Å². The highest BCUT2D eigenvalue weighted by Gasteiger charge is 2.15. The molecule has 2 nitrogen and oxygen atoms in total. The average Bonchev–Trinajstić information content (AvgIpc) is 2.36. The third kappa shape index (κ3) is 3.37. The molecule has 0 aliphatic rings. The highest BCUT2D eigenvalue weighted by molar-refractivity contribution is 5.29. The molecule has 3 N–H and O–H groups in total. The number of nitrogens with one attached hydrogen (secondary N) is 1. The zero-order valence-electron chi connectivity index (χ0n) is 11.0. The fraction of sp³-hybridized carbons (Fsp3) is 0.200. The predicted molar refractivity (Wildman–Crippen MR) is 71.3 cm³/mol. The van der Waals surface area contributed by atoms with E-state index in [1.807, 2.05) is 0 Å². The average molecular weight is 280 g/mol. The second kappa shape index (κ2) is 6.07. The van der Waals surface area contributed by atoms with Crippen molar-refractivity contribution in [2.45, 2.75) is 19.4 Å². The third-order valence-corrected chi connectivity index (χ3v) is 3.11. The van der Waals surface area contributed by atoms with Crippen molar-refractivity contribution in [3.63, 3.8) is 0 Å². The highest BCUT2D eigenvalue weighted by atomic mass is 19.1. The van der Waals surface area contributed by atoms with Gasteiger partial charge in [0.15, 0.2) is 0 Å². The summed E-state index contributed by atoms with van der Waals surface area (Å²) in [7, 11) is 0. The Morgan fingerprint density at radius 3 is 2.40 bits per heavy atom. The molecule has 0 saturated carbocycles. The maximum Gasteiger partial charge on any atom is 0.129 e. The number of halogens is 3. The summed E-state index contributed by atoms with van der Waals surface area (Å²) in [5.41, 5.74) is 4.22. The van der Waals surface area contributed by atoms with E-state index in [0.717, 1.165) is 11.6 Å². The molecule has 0 radical (unpaired) electrons. The minimum absolute atomic E-state index is 0.200.